The highest BCUT2D eigenvalue weighted by molar-refractivity contribution is 7.91. The van der Waals surface area contributed by atoms with E-state index in [0.717, 1.165) is 18.8 Å². The minimum Gasteiger partial charge on any atom is -0.369 e. The standard InChI is InChI=1S/C18H25N3O3S/c1-2-25(22,23)11-10-20-12-17-7-5-9-21(17)14-18(13-20)24-15-16-6-3-4-8-19-16/h3-9,18H,2,10-15H2,1H3/t18-/m1/s1. The fraction of sp³-hybridized carbons (Fsp3) is 0.500. The Morgan fingerprint density at radius 2 is 2.12 bits per heavy atom. The van der Waals surface area contributed by atoms with Gasteiger partial charge < -0.3 is 9.30 Å². The van der Waals surface area contributed by atoms with Gasteiger partial charge in [-0.05, 0) is 24.3 Å². The Morgan fingerprint density at radius 1 is 1.24 bits per heavy atom. The minimum absolute atomic E-state index is 0.0000123. The lowest BCUT2D eigenvalue weighted by Gasteiger charge is -2.24. The van der Waals surface area contributed by atoms with Crippen molar-refractivity contribution in [2.24, 2.45) is 0 Å². The molecule has 0 aliphatic carbocycles. The van der Waals surface area contributed by atoms with E-state index in [1.807, 2.05) is 24.3 Å². The Labute approximate surface area is 149 Å². The van der Waals surface area contributed by atoms with Crippen LogP contribution in [-0.2, 0) is 34.3 Å². The smallest absolute Gasteiger partial charge is 0.151 e. The van der Waals surface area contributed by atoms with Crippen molar-refractivity contribution in [3.63, 3.8) is 0 Å². The van der Waals surface area contributed by atoms with E-state index in [9.17, 15) is 8.42 Å². The number of ether oxygens (including phenoxy) is 1. The zero-order valence-corrected chi connectivity index (χ0v) is 15.4. The topological polar surface area (TPSA) is 64.4 Å². The SMILES string of the molecule is CCS(=O)(=O)CCN1Cc2cccn2C[C@H](OCc2ccccn2)C1. The molecule has 2 aromatic heterocycles. The molecule has 0 spiro atoms. The fourth-order valence-corrected chi connectivity index (χ4v) is 3.83. The van der Waals surface area contributed by atoms with Gasteiger partial charge in [-0.1, -0.05) is 13.0 Å². The van der Waals surface area contributed by atoms with Gasteiger partial charge >= 0.3 is 0 Å². The van der Waals surface area contributed by atoms with Crippen LogP contribution in [0.2, 0.25) is 0 Å². The maximum absolute atomic E-state index is 11.8. The number of hydrogen-bond acceptors (Lipinski definition) is 5. The van der Waals surface area contributed by atoms with Crippen molar-refractivity contribution in [1.29, 1.82) is 0 Å². The van der Waals surface area contributed by atoms with Crippen LogP contribution in [0.4, 0.5) is 0 Å². The van der Waals surface area contributed by atoms with Gasteiger partial charge in [-0.15, -0.1) is 0 Å². The molecular weight excluding hydrogens is 338 g/mol. The van der Waals surface area contributed by atoms with E-state index in [2.05, 4.69) is 26.7 Å². The molecule has 0 radical (unpaired) electrons. The van der Waals surface area contributed by atoms with Crippen molar-refractivity contribution in [1.82, 2.24) is 14.5 Å². The van der Waals surface area contributed by atoms with Crippen LogP contribution in [0.3, 0.4) is 0 Å². The summed E-state index contributed by atoms with van der Waals surface area (Å²) in [5.74, 6) is 0.383. The third kappa shape index (κ3) is 5.14. The quantitative estimate of drug-likeness (QED) is 0.749. The average Bonchev–Trinajstić information content (AvgIpc) is 2.98. The van der Waals surface area contributed by atoms with Crippen molar-refractivity contribution in [3.05, 3.63) is 54.1 Å². The summed E-state index contributed by atoms with van der Waals surface area (Å²) in [6.45, 7) is 4.92. The molecule has 136 valence electrons. The van der Waals surface area contributed by atoms with Crippen LogP contribution in [0, 0.1) is 0 Å². The second kappa shape index (κ2) is 8.12. The molecule has 25 heavy (non-hydrogen) atoms. The van der Waals surface area contributed by atoms with Crippen LogP contribution >= 0.6 is 0 Å². The molecular formula is C18H25N3O3S. The van der Waals surface area contributed by atoms with E-state index in [1.165, 1.54) is 5.69 Å². The second-order valence-electron chi connectivity index (χ2n) is 6.38. The molecule has 2 aromatic rings. The molecule has 3 rings (SSSR count). The molecule has 1 aliphatic heterocycles. The first-order valence-corrected chi connectivity index (χ1v) is 10.5. The maximum atomic E-state index is 11.8. The van der Waals surface area contributed by atoms with Gasteiger partial charge in [-0.3, -0.25) is 9.88 Å². The van der Waals surface area contributed by atoms with E-state index in [4.69, 9.17) is 4.74 Å². The summed E-state index contributed by atoms with van der Waals surface area (Å²) in [5.41, 5.74) is 2.09. The molecule has 3 heterocycles. The predicted octanol–water partition coefficient (Wildman–Crippen LogP) is 1.72. The van der Waals surface area contributed by atoms with Gasteiger partial charge in [0.1, 0.15) is 0 Å². The van der Waals surface area contributed by atoms with Gasteiger partial charge in [0, 0.05) is 50.0 Å². The molecule has 0 unspecified atom stereocenters. The van der Waals surface area contributed by atoms with Gasteiger partial charge in [-0.25, -0.2) is 8.42 Å². The Balaban J connectivity index is 1.66. The lowest BCUT2D eigenvalue weighted by molar-refractivity contribution is 0.00978. The lowest BCUT2D eigenvalue weighted by Crippen LogP contribution is -2.36. The molecule has 1 atom stereocenters. The van der Waals surface area contributed by atoms with Crippen LogP contribution < -0.4 is 0 Å². The number of rotatable bonds is 7. The zero-order chi connectivity index (χ0) is 17.7. The molecule has 6 nitrogen and oxygen atoms in total. The number of pyridine rings is 1. The Morgan fingerprint density at radius 3 is 2.88 bits per heavy atom. The van der Waals surface area contributed by atoms with E-state index in [0.29, 0.717) is 19.7 Å². The van der Waals surface area contributed by atoms with E-state index >= 15 is 0 Å². The van der Waals surface area contributed by atoms with Gasteiger partial charge in [0.25, 0.3) is 0 Å². The third-order valence-electron chi connectivity index (χ3n) is 4.52. The molecule has 1 aliphatic rings. The fourth-order valence-electron chi connectivity index (χ4n) is 3.00. The number of fused-ring (bicyclic) bond motifs is 1. The molecule has 0 bridgehead atoms. The van der Waals surface area contributed by atoms with Gasteiger partial charge in [0.15, 0.2) is 9.84 Å². The molecule has 0 amide bonds. The highest BCUT2D eigenvalue weighted by Crippen LogP contribution is 2.16. The molecule has 7 heteroatoms. The summed E-state index contributed by atoms with van der Waals surface area (Å²) in [5, 5.41) is 0. The zero-order valence-electron chi connectivity index (χ0n) is 14.5. The normalized spacial score (nSPS) is 18.7. The number of sulfone groups is 1. The van der Waals surface area contributed by atoms with Gasteiger partial charge in [-0.2, -0.15) is 0 Å². The monoisotopic (exact) mass is 363 g/mol. The first-order chi connectivity index (χ1) is 12.1. The number of aromatic nitrogens is 2. The predicted molar refractivity (Wildman–Crippen MR) is 96.9 cm³/mol. The van der Waals surface area contributed by atoms with Crippen LogP contribution in [0.15, 0.2) is 42.7 Å². The lowest BCUT2D eigenvalue weighted by atomic mass is 10.3. The van der Waals surface area contributed by atoms with E-state index in [-0.39, 0.29) is 17.6 Å². The second-order valence-corrected chi connectivity index (χ2v) is 8.85. The minimum atomic E-state index is -2.97. The van der Waals surface area contributed by atoms with Gasteiger partial charge in [0.05, 0.1) is 24.2 Å². The molecule has 0 fully saturated rings. The highest BCUT2D eigenvalue weighted by atomic mass is 32.2. The van der Waals surface area contributed by atoms with Crippen LogP contribution in [0.5, 0.6) is 0 Å². The highest BCUT2D eigenvalue weighted by Gasteiger charge is 2.23. The van der Waals surface area contributed by atoms with Crippen LogP contribution in [0.25, 0.3) is 0 Å². The summed E-state index contributed by atoms with van der Waals surface area (Å²) < 4.78 is 32.0. The first kappa shape index (κ1) is 18.1. The largest absolute Gasteiger partial charge is 0.369 e. The summed E-state index contributed by atoms with van der Waals surface area (Å²) in [6, 6.07) is 9.89. The number of nitrogens with zero attached hydrogens (tertiary/aromatic N) is 3. The van der Waals surface area contributed by atoms with E-state index < -0.39 is 9.84 Å². The van der Waals surface area contributed by atoms with Crippen molar-refractivity contribution >= 4 is 9.84 Å². The van der Waals surface area contributed by atoms with Crippen molar-refractivity contribution in [2.75, 3.05) is 24.6 Å². The molecule has 0 saturated heterocycles. The third-order valence-corrected chi connectivity index (χ3v) is 6.21. The number of hydrogen-bond donors (Lipinski definition) is 0. The summed E-state index contributed by atoms with van der Waals surface area (Å²) in [4.78, 5) is 6.47. The van der Waals surface area contributed by atoms with Crippen molar-refractivity contribution in [2.45, 2.75) is 32.7 Å². The Hall–Kier alpha value is -1.70. The van der Waals surface area contributed by atoms with Crippen LogP contribution in [0.1, 0.15) is 18.3 Å². The molecule has 0 aromatic carbocycles. The molecule has 0 saturated carbocycles. The van der Waals surface area contributed by atoms with E-state index in [1.54, 1.807) is 13.1 Å². The Kier molecular flexibility index (Phi) is 5.88. The van der Waals surface area contributed by atoms with Crippen LogP contribution in [-0.4, -0.2) is 53.6 Å². The summed E-state index contributed by atoms with van der Waals surface area (Å²) in [6.07, 6.45) is 3.82. The van der Waals surface area contributed by atoms with Crippen molar-refractivity contribution < 1.29 is 13.2 Å². The molecule has 0 N–H and O–H groups in total. The average molecular weight is 363 g/mol. The Bertz CT molecular complexity index is 774. The summed E-state index contributed by atoms with van der Waals surface area (Å²) in [7, 11) is -2.97. The summed E-state index contributed by atoms with van der Waals surface area (Å²) >= 11 is 0. The maximum Gasteiger partial charge on any atom is 0.151 e. The van der Waals surface area contributed by atoms with Gasteiger partial charge in [0.2, 0.25) is 0 Å². The van der Waals surface area contributed by atoms with Crippen molar-refractivity contribution in [3.8, 4) is 0 Å². The first-order valence-electron chi connectivity index (χ1n) is 8.64.